The summed E-state index contributed by atoms with van der Waals surface area (Å²) in [5.41, 5.74) is 3.51. The fraction of sp³-hybridized carbons (Fsp3) is 0.200. The van der Waals surface area contributed by atoms with Crippen LogP contribution < -0.4 is 9.47 Å². The Morgan fingerprint density at radius 3 is 2.58 bits per heavy atom. The third-order valence-corrected chi connectivity index (χ3v) is 4.78. The van der Waals surface area contributed by atoms with Crippen molar-refractivity contribution >= 4 is 5.91 Å². The quantitative estimate of drug-likeness (QED) is 0.711. The molecule has 0 N–H and O–H groups in total. The van der Waals surface area contributed by atoms with E-state index in [1.165, 1.54) is 5.56 Å². The molecule has 130 valence electrons. The second kappa shape index (κ2) is 5.91. The van der Waals surface area contributed by atoms with Crippen LogP contribution in [-0.4, -0.2) is 29.3 Å². The van der Waals surface area contributed by atoms with E-state index in [-0.39, 0.29) is 12.7 Å². The lowest BCUT2D eigenvalue weighted by Crippen LogP contribution is -2.36. The molecule has 2 aromatic carbocycles. The predicted octanol–water partition coefficient (Wildman–Crippen LogP) is 3.27. The van der Waals surface area contributed by atoms with Gasteiger partial charge in [-0.3, -0.25) is 4.79 Å². The largest absolute Gasteiger partial charge is 0.454 e. The van der Waals surface area contributed by atoms with E-state index >= 15 is 0 Å². The van der Waals surface area contributed by atoms with E-state index in [4.69, 9.17) is 14.0 Å². The molecule has 1 amide bonds. The van der Waals surface area contributed by atoms with E-state index in [1.54, 1.807) is 11.0 Å². The number of carbonyl (C=O) groups excluding carboxylic acids is 1. The highest BCUT2D eigenvalue weighted by Gasteiger charge is 2.27. The first-order valence-electron chi connectivity index (χ1n) is 8.51. The molecule has 3 heterocycles. The Morgan fingerprint density at radius 2 is 1.77 bits per heavy atom. The summed E-state index contributed by atoms with van der Waals surface area (Å²) in [6, 6.07) is 15.3. The van der Waals surface area contributed by atoms with Crippen LogP contribution in [0, 0.1) is 0 Å². The monoisotopic (exact) mass is 348 g/mol. The molecule has 0 unspecified atom stereocenters. The molecule has 0 saturated carbocycles. The Hall–Kier alpha value is -3.28. The van der Waals surface area contributed by atoms with Gasteiger partial charge >= 0.3 is 0 Å². The van der Waals surface area contributed by atoms with Gasteiger partial charge < -0.3 is 18.9 Å². The third kappa shape index (κ3) is 2.50. The van der Waals surface area contributed by atoms with Crippen molar-refractivity contribution in [2.45, 2.75) is 13.0 Å². The molecule has 1 aromatic heterocycles. The zero-order valence-electron chi connectivity index (χ0n) is 14.0. The van der Waals surface area contributed by atoms with Crippen molar-refractivity contribution < 1.29 is 18.8 Å². The van der Waals surface area contributed by atoms with Crippen molar-refractivity contribution in [3.63, 3.8) is 0 Å². The minimum Gasteiger partial charge on any atom is -0.454 e. The summed E-state index contributed by atoms with van der Waals surface area (Å²) < 4.78 is 16.2. The summed E-state index contributed by atoms with van der Waals surface area (Å²) in [6.07, 6.45) is 0.779. The number of amides is 1. The Morgan fingerprint density at radius 1 is 1.00 bits per heavy atom. The van der Waals surface area contributed by atoms with Crippen molar-refractivity contribution in [2.24, 2.45) is 0 Å². The number of benzene rings is 2. The summed E-state index contributed by atoms with van der Waals surface area (Å²) in [4.78, 5) is 14.6. The molecule has 2 aliphatic heterocycles. The van der Waals surface area contributed by atoms with Crippen LogP contribution in [0.3, 0.4) is 0 Å². The molecule has 26 heavy (non-hydrogen) atoms. The number of nitrogens with zero attached hydrogens (tertiary/aromatic N) is 2. The van der Waals surface area contributed by atoms with E-state index in [0.29, 0.717) is 24.5 Å². The summed E-state index contributed by atoms with van der Waals surface area (Å²) in [5.74, 6) is 1.99. The maximum absolute atomic E-state index is 12.8. The Kier molecular flexibility index (Phi) is 3.41. The van der Waals surface area contributed by atoms with Crippen LogP contribution in [0.2, 0.25) is 0 Å². The highest BCUT2D eigenvalue weighted by atomic mass is 16.7. The van der Waals surface area contributed by atoms with Gasteiger partial charge in [0.15, 0.2) is 23.0 Å². The molecule has 0 saturated heterocycles. The van der Waals surface area contributed by atoms with Crippen molar-refractivity contribution in [1.82, 2.24) is 10.1 Å². The van der Waals surface area contributed by atoms with E-state index in [2.05, 4.69) is 5.16 Å². The molecule has 5 rings (SSSR count). The first-order valence-corrected chi connectivity index (χ1v) is 8.51. The second-order valence-electron chi connectivity index (χ2n) is 6.39. The Bertz CT molecular complexity index is 981. The molecule has 2 aliphatic rings. The molecule has 0 spiro atoms. The minimum atomic E-state index is -0.126. The van der Waals surface area contributed by atoms with Crippen LogP contribution in [0.1, 0.15) is 21.6 Å². The lowest BCUT2D eigenvalue weighted by molar-refractivity contribution is 0.0724. The molecule has 3 aromatic rings. The number of hydrogen-bond donors (Lipinski definition) is 0. The SMILES string of the molecule is O=C(c1cc(-c2ccccc2)on1)N1CCc2cc3c(cc2C1)OCO3. The molecule has 0 bridgehead atoms. The number of fused-ring (bicyclic) bond motifs is 2. The van der Waals surface area contributed by atoms with E-state index in [1.807, 2.05) is 42.5 Å². The van der Waals surface area contributed by atoms with Gasteiger partial charge in [0.2, 0.25) is 6.79 Å². The average molecular weight is 348 g/mol. The highest BCUT2D eigenvalue weighted by molar-refractivity contribution is 5.93. The fourth-order valence-corrected chi connectivity index (χ4v) is 3.40. The van der Waals surface area contributed by atoms with E-state index in [9.17, 15) is 4.79 Å². The van der Waals surface area contributed by atoms with Crippen molar-refractivity contribution in [3.05, 3.63) is 65.4 Å². The molecule has 0 aliphatic carbocycles. The van der Waals surface area contributed by atoms with Gasteiger partial charge in [0, 0.05) is 24.7 Å². The fourth-order valence-electron chi connectivity index (χ4n) is 3.40. The molecule has 0 fully saturated rings. The zero-order chi connectivity index (χ0) is 17.5. The lowest BCUT2D eigenvalue weighted by Gasteiger charge is -2.28. The average Bonchev–Trinajstić information content (AvgIpc) is 3.35. The number of aromatic nitrogens is 1. The van der Waals surface area contributed by atoms with E-state index in [0.717, 1.165) is 29.0 Å². The van der Waals surface area contributed by atoms with Gasteiger partial charge in [-0.2, -0.15) is 0 Å². The minimum absolute atomic E-state index is 0.126. The Labute approximate surface area is 149 Å². The van der Waals surface area contributed by atoms with Gasteiger partial charge in [0.25, 0.3) is 5.91 Å². The number of ether oxygens (including phenoxy) is 2. The van der Waals surface area contributed by atoms with Gasteiger partial charge in [-0.15, -0.1) is 0 Å². The maximum Gasteiger partial charge on any atom is 0.276 e. The van der Waals surface area contributed by atoms with Crippen LogP contribution >= 0.6 is 0 Å². The maximum atomic E-state index is 12.8. The Balaban J connectivity index is 1.38. The standard InChI is InChI=1S/C20H16N2O4/c23-20(16-10-17(26-21-16)13-4-2-1-3-5-13)22-7-6-14-8-18-19(25-12-24-18)9-15(14)11-22/h1-5,8-10H,6-7,11-12H2. The zero-order valence-corrected chi connectivity index (χ0v) is 14.0. The molecule has 0 atom stereocenters. The molecule has 6 heteroatoms. The normalized spacial score (nSPS) is 15.0. The third-order valence-electron chi connectivity index (χ3n) is 4.78. The predicted molar refractivity (Wildman–Crippen MR) is 92.9 cm³/mol. The van der Waals surface area contributed by atoms with Gasteiger partial charge in [0.05, 0.1) is 0 Å². The summed E-state index contributed by atoms with van der Waals surface area (Å²) in [7, 11) is 0. The summed E-state index contributed by atoms with van der Waals surface area (Å²) in [6.45, 7) is 1.42. The first kappa shape index (κ1) is 15.0. The van der Waals surface area contributed by atoms with Crippen LogP contribution in [0.4, 0.5) is 0 Å². The van der Waals surface area contributed by atoms with Gasteiger partial charge in [-0.1, -0.05) is 35.5 Å². The van der Waals surface area contributed by atoms with Crippen molar-refractivity contribution in [3.8, 4) is 22.8 Å². The second-order valence-corrected chi connectivity index (χ2v) is 6.39. The smallest absolute Gasteiger partial charge is 0.276 e. The molecular formula is C20H16N2O4. The van der Waals surface area contributed by atoms with Crippen molar-refractivity contribution in [2.75, 3.05) is 13.3 Å². The molecule has 6 nitrogen and oxygen atoms in total. The number of carbonyl (C=O) groups is 1. The van der Waals surface area contributed by atoms with Crippen LogP contribution in [0.5, 0.6) is 11.5 Å². The summed E-state index contributed by atoms with van der Waals surface area (Å²) in [5, 5.41) is 3.97. The summed E-state index contributed by atoms with van der Waals surface area (Å²) >= 11 is 0. The number of rotatable bonds is 2. The number of hydrogen-bond acceptors (Lipinski definition) is 5. The lowest BCUT2D eigenvalue weighted by atomic mass is 9.98. The van der Waals surface area contributed by atoms with Crippen molar-refractivity contribution in [1.29, 1.82) is 0 Å². The van der Waals surface area contributed by atoms with Crippen LogP contribution in [-0.2, 0) is 13.0 Å². The molecular weight excluding hydrogens is 332 g/mol. The van der Waals surface area contributed by atoms with Gasteiger partial charge in [-0.05, 0) is 29.7 Å². The van der Waals surface area contributed by atoms with Gasteiger partial charge in [-0.25, -0.2) is 0 Å². The van der Waals surface area contributed by atoms with Crippen LogP contribution in [0.15, 0.2) is 53.1 Å². The topological polar surface area (TPSA) is 64.8 Å². The van der Waals surface area contributed by atoms with Gasteiger partial charge in [0.1, 0.15) is 0 Å². The van der Waals surface area contributed by atoms with Crippen LogP contribution in [0.25, 0.3) is 11.3 Å². The van der Waals surface area contributed by atoms with E-state index < -0.39 is 0 Å². The first-order chi connectivity index (χ1) is 12.8. The highest BCUT2D eigenvalue weighted by Crippen LogP contribution is 2.37. The molecule has 0 radical (unpaired) electrons.